The van der Waals surface area contributed by atoms with Crippen LogP contribution in [0.5, 0.6) is 0 Å². The molecule has 0 aromatic carbocycles. The van der Waals surface area contributed by atoms with Gasteiger partial charge in [-0.2, -0.15) is 0 Å². The van der Waals surface area contributed by atoms with E-state index in [1.165, 1.54) is 0 Å². The Kier molecular flexibility index (Phi) is 3.54. The molecule has 1 fully saturated rings. The number of hydrogen-bond acceptors (Lipinski definition) is 3. The second-order valence-electron chi connectivity index (χ2n) is 3.34. The molecule has 0 radical (unpaired) electrons. The highest BCUT2D eigenvalue weighted by atomic mass is 16.6. The fraction of sp³-hybridized carbons (Fsp3) is 0.889. The predicted molar refractivity (Wildman–Crippen MR) is 48.6 cm³/mol. The number of rotatable bonds is 1. The molecule has 1 heterocycles. The molecule has 76 valence electrons. The maximum absolute atomic E-state index is 11.4. The van der Waals surface area contributed by atoms with Crippen LogP contribution in [0.1, 0.15) is 20.8 Å². The zero-order valence-electron chi connectivity index (χ0n) is 8.45. The molecule has 0 aliphatic carbocycles. The van der Waals surface area contributed by atoms with Crippen LogP contribution >= 0.6 is 0 Å². The van der Waals surface area contributed by atoms with Crippen molar-refractivity contribution >= 4 is 6.09 Å². The predicted octanol–water partition coefficient (Wildman–Crippen LogP) is 1.25. The van der Waals surface area contributed by atoms with E-state index in [-0.39, 0.29) is 18.2 Å². The van der Waals surface area contributed by atoms with Crippen LogP contribution in [0.3, 0.4) is 0 Å². The van der Waals surface area contributed by atoms with Crippen molar-refractivity contribution in [3.63, 3.8) is 0 Å². The molecule has 1 rings (SSSR count). The molecule has 1 saturated heterocycles. The summed E-state index contributed by atoms with van der Waals surface area (Å²) in [5.41, 5.74) is 0. The Labute approximate surface area is 78.8 Å². The standard InChI is InChI=1S/C9H17NO3/c1-4-12-9(11)10-5-8(3)13-6-7(10)2/h7-8H,4-6H2,1-3H3. The monoisotopic (exact) mass is 187 g/mol. The molecule has 4 heteroatoms. The number of ether oxygens (including phenoxy) is 2. The molecule has 4 nitrogen and oxygen atoms in total. The fourth-order valence-electron chi connectivity index (χ4n) is 1.36. The van der Waals surface area contributed by atoms with E-state index < -0.39 is 0 Å². The summed E-state index contributed by atoms with van der Waals surface area (Å²) in [4.78, 5) is 13.1. The van der Waals surface area contributed by atoms with Gasteiger partial charge in [-0.3, -0.25) is 0 Å². The highest BCUT2D eigenvalue weighted by molar-refractivity contribution is 5.68. The van der Waals surface area contributed by atoms with Crippen molar-refractivity contribution in [1.29, 1.82) is 0 Å². The van der Waals surface area contributed by atoms with E-state index in [4.69, 9.17) is 9.47 Å². The Morgan fingerprint density at radius 3 is 2.92 bits per heavy atom. The lowest BCUT2D eigenvalue weighted by Gasteiger charge is -2.35. The number of hydrogen-bond donors (Lipinski definition) is 0. The van der Waals surface area contributed by atoms with Crippen LogP contribution in [-0.4, -0.2) is 42.9 Å². The minimum atomic E-state index is -0.231. The smallest absolute Gasteiger partial charge is 0.410 e. The van der Waals surface area contributed by atoms with Gasteiger partial charge in [0.1, 0.15) is 0 Å². The molecular formula is C9H17NO3. The van der Waals surface area contributed by atoms with Gasteiger partial charge in [0.25, 0.3) is 0 Å². The average Bonchev–Trinajstić information content (AvgIpc) is 2.09. The zero-order chi connectivity index (χ0) is 9.84. The van der Waals surface area contributed by atoms with E-state index >= 15 is 0 Å². The quantitative estimate of drug-likeness (QED) is 0.620. The molecule has 0 spiro atoms. The molecule has 2 unspecified atom stereocenters. The van der Waals surface area contributed by atoms with E-state index in [1.807, 2.05) is 20.8 Å². The molecule has 0 bridgehead atoms. The summed E-state index contributed by atoms with van der Waals surface area (Å²) in [6, 6.07) is 0.121. The first-order valence-electron chi connectivity index (χ1n) is 4.70. The maximum atomic E-state index is 11.4. The van der Waals surface area contributed by atoms with E-state index in [9.17, 15) is 4.79 Å². The molecule has 13 heavy (non-hydrogen) atoms. The van der Waals surface area contributed by atoms with Gasteiger partial charge < -0.3 is 14.4 Å². The summed E-state index contributed by atoms with van der Waals surface area (Å²) in [7, 11) is 0. The Bertz CT molecular complexity index is 184. The second kappa shape index (κ2) is 4.46. The van der Waals surface area contributed by atoms with Crippen molar-refractivity contribution < 1.29 is 14.3 Å². The lowest BCUT2D eigenvalue weighted by Crippen LogP contribution is -2.50. The summed E-state index contributed by atoms with van der Waals surface area (Å²) >= 11 is 0. The number of carbonyl (C=O) groups is 1. The van der Waals surface area contributed by atoms with Gasteiger partial charge in [0.15, 0.2) is 0 Å². The van der Waals surface area contributed by atoms with Crippen LogP contribution in [-0.2, 0) is 9.47 Å². The topological polar surface area (TPSA) is 38.8 Å². The van der Waals surface area contributed by atoms with Gasteiger partial charge in [-0.1, -0.05) is 0 Å². The van der Waals surface area contributed by atoms with E-state index in [0.29, 0.717) is 19.8 Å². The van der Waals surface area contributed by atoms with E-state index in [2.05, 4.69) is 0 Å². The lowest BCUT2D eigenvalue weighted by atomic mass is 10.2. The van der Waals surface area contributed by atoms with Crippen molar-refractivity contribution in [3.05, 3.63) is 0 Å². The normalized spacial score (nSPS) is 28.7. The summed E-state index contributed by atoms with van der Waals surface area (Å²) in [6.07, 6.45) is -0.120. The van der Waals surface area contributed by atoms with Gasteiger partial charge in [0, 0.05) is 0 Å². The second-order valence-corrected chi connectivity index (χ2v) is 3.34. The molecule has 1 aliphatic heterocycles. The first-order valence-corrected chi connectivity index (χ1v) is 4.70. The Morgan fingerprint density at radius 2 is 2.31 bits per heavy atom. The molecule has 1 amide bonds. The number of amides is 1. The SMILES string of the molecule is CCOC(=O)N1CC(C)OCC1C. The largest absolute Gasteiger partial charge is 0.450 e. The fourth-order valence-corrected chi connectivity index (χ4v) is 1.36. The van der Waals surface area contributed by atoms with Crippen molar-refractivity contribution in [1.82, 2.24) is 4.90 Å². The molecular weight excluding hydrogens is 170 g/mol. The molecule has 1 aliphatic rings. The highest BCUT2D eigenvalue weighted by Gasteiger charge is 2.28. The van der Waals surface area contributed by atoms with Crippen LogP contribution in [0.2, 0.25) is 0 Å². The lowest BCUT2D eigenvalue weighted by molar-refractivity contribution is -0.0448. The summed E-state index contributed by atoms with van der Waals surface area (Å²) in [5, 5.41) is 0. The van der Waals surface area contributed by atoms with E-state index in [1.54, 1.807) is 4.90 Å². The van der Waals surface area contributed by atoms with Gasteiger partial charge in [-0.25, -0.2) is 4.79 Å². The first-order chi connectivity index (χ1) is 6.15. The van der Waals surface area contributed by atoms with Gasteiger partial charge in [-0.15, -0.1) is 0 Å². The van der Waals surface area contributed by atoms with Crippen LogP contribution in [0.25, 0.3) is 0 Å². The number of nitrogens with zero attached hydrogens (tertiary/aromatic N) is 1. The third-order valence-corrected chi connectivity index (χ3v) is 2.11. The first kappa shape index (κ1) is 10.3. The van der Waals surface area contributed by atoms with Gasteiger partial charge in [0.05, 0.1) is 31.9 Å². The van der Waals surface area contributed by atoms with Crippen LogP contribution < -0.4 is 0 Å². The molecule has 0 saturated carbocycles. The molecule has 2 atom stereocenters. The highest BCUT2D eigenvalue weighted by Crippen LogP contribution is 2.12. The minimum absolute atomic E-state index is 0.112. The van der Waals surface area contributed by atoms with Crippen molar-refractivity contribution in [2.45, 2.75) is 32.9 Å². The van der Waals surface area contributed by atoms with Crippen molar-refractivity contribution in [3.8, 4) is 0 Å². The average molecular weight is 187 g/mol. The zero-order valence-corrected chi connectivity index (χ0v) is 8.45. The number of morpholine rings is 1. The van der Waals surface area contributed by atoms with E-state index in [0.717, 1.165) is 0 Å². The Balaban J connectivity index is 2.50. The third kappa shape index (κ3) is 2.59. The minimum Gasteiger partial charge on any atom is -0.450 e. The summed E-state index contributed by atoms with van der Waals surface area (Å²) < 4.78 is 10.3. The van der Waals surface area contributed by atoms with Crippen molar-refractivity contribution in [2.75, 3.05) is 19.8 Å². The van der Waals surface area contributed by atoms with Gasteiger partial charge >= 0.3 is 6.09 Å². The van der Waals surface area contributed by atoms with Crippen molar-refractivity contribution in [2.24, 2.45) is 0 Å². The summed E-state index contributed by atoms with van der Waals surface area (Å²) in [5.74, 6) is 0. The molecule has 0 aromatic rings. The number of carbonyl (C=O) groups excluding carboxylic acids is 1. The van der Waals surface area contributed by atoms with Gasteiger partial charge in [-0.05, 0) is 20.8 Å². The summed E-state index contributed by atoms with van der Waals surface area (Å²) in [6.45, 7) is 7.38. The van der Waals surface area contributed by atoms with Crippen LogP contribution in [0.15, 0.2) is 0 Å². The van der Waals surface area contributed by atoms with Crippen LogP contribution in [0.4, 0.5) is 4.79 Å². The maximum Gasteiger partial charge on any atom is 0.410 e. The molecule has 0 N–H and O–H groups in total. The van der Waals surface area contributed by atoms with Gasteiger partial charge in [0.2, 0.25) is 0 Å². The molecule has 0 aromatic heterocycles. The third-order valence-electron chi connectivity index (χ3n) is 2.11. The van der Waals surface area contributed by atoms with Crippen LogP contribution in [0, 0.1) is 0 Å². The Hall–Kier alpha value is -0.770. The Morgan fingerprint density at radius 1 is 1.62 bits per heavy atom.